The number of rotatable bonds is 7. The highest BCUT2D eigenvalue weighted by molar-refractivity contribution is 5.94. The van der Waals surface area contributed by atoms with E-state index in [2.05, 4.69) is 10.3 Å². The summed E-state index contributed by atoms with van der Waals surface area (Å²) in [5, 5.41) is 2.86. The number of hydrogen-bond acceptors (Lipinski definition) is 4. The molecule has 0 spiro atoms. The fraction of sp³-hybridized carbons (Fsp3) is 0.294. The number of nitrogens with zero attached hydrogens (tertiary/aromatic N) is 1. The van der Waals surface area contributed by atoms with E-state index in [4.69, 9.17) is 9.47 Å². The van der Waals surface area contributed by atoms with E-state index in [1.165, 1.54) is 0 Å². The van der Waals surface area contributed by atoms with Gasteiger partial charge in [0.2, 0.25) is 0 Å². The van der Waals surface area contributed by atoms with Crippen LogP contribution in [-0.2, 0) is 11.3 Å². The maximum atomic E-state index is 12.0. The van der Waals surface area contributed by atoms with Crippen LogP contribution >= 0.6 is 0 Å². The molecule has 0 aliphatic carbocycles. The lowest BCUT2D eigenvalue weighted by molar-refractivity contribution is 0.0905. The molecule has 1 N–H and O–H groups in total. The third-order valence-corrected chi connectivity index (χ3v) is 3.04. The topological polar surface area (TPSA) is 60.5 Å². The number of carbonyl (C=O) groups excluding carboxylic acids is 1. The first kappa shape index (κ1) is 16.0. The smallest absolute Gasteiger partial charge is 0.251 e. The number of carbonyl (C=O) groups is 1. The molecular weight excluding hydrogens is 280 g/mol. The van der Waals surface area contributed by atoms with Gasteiger partial charge >= 0.3 is 0 Å². The lowest BCUT2D eigenvalue weighted by atomic mass is 10.2. The van der Waals surface area contributed by atoms with E-state index in [0.717, 1.165) is 5.56 Å². The van der Waals surface area contributed by atoms with Gasteiger partial charge in [-0.15, -0.1) is 0 Å². The molecule has 116 valence electrons. The van der Waals surface area contributed by atoms with Crippen LogP contribution in [0.1, 0.15) is 22.8 Å². The second-order valence-electron chi connectivity index (χ2n) is 5.00. The van der Waals surface area contributed by atoms with Crippen molar-refractivity contribution >= 4 is 5.91 Å². The summed E-state index contributed by atoms with van der Waals surface area (Å²) in [6, 6.07) is 10.8. The minimum Gasteiger partial charge on any atom is -0.489 e. The van der Waals surface area contributed by atoms with Gasteiger partial charge in [-0.1, -0.05) is 6.07 Å². The van der Waals surface area contributed by atoms with Gasteiger partial charge < -0.3 is 14.8 Å². The number of methoxy groups -OCH3 is 1. The first-order valence-corrected chi connectivity index (χ1v) is 7.10. The molecule has 0 aliphatic rings. The number of amides is 1. The van der Waals surface area contributed by atoms with Crippen LogP contribution in [-0.4, -0.2) is 30.6 Å². The molecule has 0 fully saturated rings. The van der Waals surface area contributed by atoms with Crippen molar-refractivity contribution in [3.8, 4) is 5.75 Å². The average molecular weight is 300 g/mol. The van der Waals surface area contributed by atoms with Crippen LogP contribution in [0, 0.1) is 0 Å². The Morgan fingerprint density at radius 2 is 2.05 bits per heavy atom. The van der Waals surface area contributed by atoms with Gasteiger partial charge in [0, 0.05) is 36.7 Å². The largest absolute Gasteiger partial charge is 0.489 e. The van der Waals surface area contributed by atoms with E-state index in [9.17, 15) is 4.79 Å². The Balaban J connectivity index is 1.88. The van der Waals surface area contributed by atoms with Crippen molar-refractivity contribution in [2.75, 3.05) is 13.7 Å². The predicted molar refractivity (Wildman–Crippen MR) is 83.8 cm³/mol. The van der Waals surface area contributed by atoms with Crippen LogP contribution in [0.2, 0.25) is 0 Å². The standard InChI is InChI=1S/C17H20N2O3/c1-13(11-21-2)19-17(20)15-5-7-16(8-6-15)22-12-14-4-3-9-18-10-14/h3-10,13H,11-12H2,1-2H3,(H,19,20)/t13-/m1/s1. The molecule has 1 atom stereocenters. The molecule has 2 aromatic rings. The van der Waals surface area contributed by atoms with Crippen LogP contribution in [0.4, 0.5) is 0 Å². The van der Waals surface area contributed by atoms with Gasteiger partial charge in [0.25, 0.3) is 5.91 Å². The van der Waals surface area contributed by atoms with E-state index in [1.807, 2.05) is 19.1 Å². The molecule has 1 heterocycles. The highest BCUT2D eigenvalue weighted by Crippen LogP contribution is 2.14. The van der Waals surface area contributed by atoms with Crippen LogP contribution in [0.5, 0.6) is 5.75 Å². The second kappa shape index (κ2) is 8.14. The third-order valence-electron chi connectivity index (χ3n) is 3.04. The molecule has 0 radical (unpaired) electrons. The Bertz CT molecular complexity index is 585. The molecule has 0 saturated heterocycles. The maximum Gasteiger partial charge on any atom is 0.251 e. The quantitative estimate of drug-likeness (QED) is 0.853. The average Bonchev–Trinajstić information content (AvgIpc) is 2.54. The summed E-state index contributed by atoms with van der Waals surface area (Å²) < 4.78 is 10.6. The van der Waals surface area contributed by atoms with E-state index in [1.54, 1.807) is 43.8 Å². The van der Waals surface area contributed by atoms with Crippen molar-refractivity contribution in [3.05, 3.63) is 59.9 Å². The van der Waals surface area contributed by atoms with Crippen LogP contribution in [0.15, 0.2) is 48.8 Å². The van der Waals surface area contributed by atoms with Crippen molar-refractivity contribution in [1.82, 2.24) is 10.3 Å². The van der Waals surface area contributed by atoms with Crippen molar-refractivity contribution < 1.29 is 14.3 Å². The Labute approximate surface area is 130 Å². The molecule has 2 rings (SSSR count). The lowest BCUT2D eigenvalue weighted by Crippen LogP contribution is -2.35. The zero-order valence-electron chi connectivity index (χ0n) is 12.8. The molecule has 5 heteroatoms. The summed E-state index contributed by atoms with van der Waals surface area (Å²) in [5.74, 6) is 0.591. The van der Waals surface area contributed by atoms with Gasteiger partial charge in [-0.05, 0) is 37.3 Å². The first-order valence-electron chi connectivity index (χ1n) is 7.10. The SMILES string of the molecule is COC[C@@H](C)NC(=O)c1ccc(OCc2cccnc2)cc1. The lowest BCUT2D eigenvalue weighted by Gasteiger charge is -2.13. The zero-order chi connectivity index (χ0) is 15.8. The van der Waals surface area contributed by atoms with Crippen molar-refractivity contribution in [2.45, 2.75) is 19.6 Å². The van der Waals surface area contributed by atoms with E-state index < -0.39 is 0 Å². The minimum absolute atomic E-state index is 0.0287. The molecule has 1 amide bonds. The maximum absolute atomic E-state index is 12.0. The molecule has 0 bridgehead atoms. The normalized spacial score (nSPS) is 11.7. The number of ether oxygens (including phenoxy) is 2. The summed E-state index contributed by atoms with van der Waals surface area (Å²) in [7, 11) is 1.61. The fourth-order valence-electron chi connectivity index (χ4n) is 1.95. The summed E-state index contributed by atoms with van der Waals surface area (Å²) in [4.78, 5) is 16.0. The van der Waals surface area contributed by atoms with Gasteiger partial charge in [-0.2, -0.15) is 0 Å². The molecule has 22 heavy (non-hydrogen) atoms. The van der Waals surface area contributed by atoms with E-state index >= 15 is 0 Å². The van der Waals surface area contributed by atoms with Crippen LogP contribution < -0.4 is 10.1 Å². The Morgan fingerprint density at radius 3 is 2.68 bits per heavy atom. The Morgan fingerprint density at radius 1 is 1.27 bits per heavy atom. The highest BCUT2D eigenvalue weighted by Gasteiger charge is 2.09. The number of aromatic nitrogens is 1. The summed E-state index contributed by atoms with van der Waals surface area (Å²) >= 11 is 0. The van der Waals surface area contributed by atoms with Gasteiger partial charge in [0.05, 0.1) is 6.61 Å². The molecule has 0 saturated carbocycles. The van der Waals surface area contributed by atoms with Crippen molar-refractivity contribution in [1.29, 1.82) is 0 Å². The van der Waals surface area contributed by atoms with E-state index in [-0.39, 0.29) is 11.9 Å². The van der Waals surface area contributed by atoms with E-state index in [0.29, 0.717) is 24.5 Å². The number of hydrogen-bond donors (Lipinski definition) is 1. The Hall–Kier alpha value is -2.40. The number of nitrogens with one attached hydrogen (secondary N) is 1. The van der Waals surface area contributed by atoms with Gasteiger partial charge in [-0.25, -0.2) is 0 Å². The van der Waals surface area contributed by atoms with Crippen LogP contribution in [0.3, 0.4) is 0 Å². The monoisotopic (exact) mass is 300 g/mol. The summed E-state index contributed by atoms with van der Waals surface area (Å²) in [5.41, 5.74) is 1.59. The van der Waals surface area contributed by atoms with Gasteiger partial charge in [0.1, 0.15) is 12.4 Å². The van der Waals surface area contributed by atoms with Crippen molar-refractivity contribution in [3.63, 3.8) is 0 Å². The molecule has 5 nitrogen and oxygen atoms in total. The van der Waals surface area contributed by atoms with Gasteiger partial charge in [0.15, 0.2) is 0 Å². The molecule has 1 aromatic heterocycles. The zero-order valence-corrected chi connectivity index (χ0v) is 12.8. The highest BCUT2D eigenvalue weighted by atomic mass is 16.5. The molecular formula is C17H20N2O3. The number of pyridine rings is 1. The number of benzene rings is 1. The Kier molecular flexibility index (Phi) is 5.91. The molecule has 0 unspecified atom stereocenters. The van der Waals surface area contributed by atoms with Gasteiger partial charge in [-0.3, -0.25) is 9.78 Å². The second-order valence-corrected chi connectivity index (χ2v) is 5.00. The molecule has 1 aromatic carbocycles. The van der Waals surface area contributed by atoms with Crippen LogP contribution in [0.25, 0.3) is 0 Å². The third kappa shape index (κ3) is 4.86. The summed E-state index contributed by atoms with van der Waals surface area (Å²) in [6.45, 7) is 2.83. The fourth-order valence-corrected chi connectivity index (χ4v) is 1.95. The minimum atomic E-state index is -0.122. The predicted octanol–water partition coefficient (Wildman–Crippen LogP) is 2.43. The first-order chi connectivity index (χ1) is 10.7. The van der Waals surface area contributed by atoms with Crippen molar-refractivity contribution in [2.24, 2.45) is 0 Å². The molecule has 0 aliphatic heterocycles. The summed E-state index contributed by atoms with van der Waals surface area (Å²) in [6.07, 6.45) is 3.49.